The average Bonchev–Trinajstić information content (AvgIpc) is 2.27. The average molecular weight is 275 g/mol. The summed E-state index contributed by atoms with van der Waals surface area (Å²) in [5.41, 5.74) is 4.94. The highest BCUT2D eigenvalue weighted by molar-refractivity contribution is 7.90. The van der Waals surface area contributed by atoms with Gasteiger partial charge >= 0.3 is 0 Å². The largest absolute Gasteiger partial charge is 0.490 e. The van der Waals surface area contributed by atoms with Crippen LogP contribution in [0.15, 0.2) is 17.1 Å². The lowest BCUT2D eigenvalue weighted by molar-refractivity contribution is 0.323. The molecule has 0 fully saturated rings. The first kappa shape index (κ1) is 14.7. The van der Waals surface area contributed by atoms with Crippen molar-refractivity contribution < 1.29 is 13.2 Å². The molecule has 102 valence electrons. The molecule has 1 heterocycles. The van der Waals surface area contributed by atoms with Gasteiger partial charge in [0.05, 0.1) is 11.9 Å². The fourth-order valence-electron chi connectivity index (χ4n) is 1.32. The Bertz CT molecular complexity index is 538. The lowest BCUT2D eigenvalue weighted by Gasteiger charge is -2.06. The van der Waals surface area contributed by atoms with Crippen molar-refractivity contribution in [2.45, 2.75) is 13.0 Å². The Labute approximate surface area is 105 Å². The van der Waals surface area contributed by atoms with E-state index in [1.165, 1.54) is 16.9 Å². The van der Waals surface area contributed by atoms with Gasteiger partial charge in [-0.1, -0.05) is 0 Å². The molecule has 0 aliphatic carbocycles. The minimum atomic E-state index is -3.01. The summed E-state index contributed by atoms with van der Waals surface area (Å²) in [4.78, 5) is 11.6. The van der Waals surface area contributed by atoms with Crippen molar-refractivity contribution in [1.82, 2.24) is 9.78 Å². The van der Waals surface area contributed by atoms with Crippen LogP contribution in [0, 0.1) is 0 Å². The molecule has 0 unspecified atom stereocenters. The topological polar surface area (TPSA) is 104 Å². The van der Waals surface area contributed by atoms with Gasteiger partial charge in [0.1, 0.15) is 22.2 Å². The molecule has 2 N–H and O–H groups in total. The molecule has 0 saturated carbocycles. The van der Waals surface area contributed by atoms with Crippen LogP contribution in [-0.4, -0.2) is 43.4 Å². The number of nitrogens with two attached hydrogens (primary N) is 1. The smallest absolute Gasteiger partial charge is 0.270 e. The van der Waals surface area contributed by atoms with Gasteiger partial charge in [0.25, 0.3) is 5.56 Å². The minimum absolute atomic E-state index is 0.0343. The van der Waals surface area contributed by atoms with E-state index < -0.39 is 9.84 Å². The van der Waals surface area contributed by atoms with Gasteiger partial charge < -0.3 is 10.5 Å². The lowest BCUT2D eigenvalue weighted by Crippen LogP contribution is -2.23. The quantitative estimate of drug-likeness (QED) is 0.685. The first-order valence-electron chi connectivity index (χ1n) is 5.50. The maximum Gasteiger partial charge on any atom is 0.270 e. The number of aromatic nitrogens is 2. The summed E-state index contributed by atoms with van der Waals surface area (Å²) in [6.07, 6.45) is 2.93. The van der Waals surface area contributed by atoms with Gasteiger partial charge in [0.2, 0.25) is 0 Å². The monoisotopic (exact) mass is 275 g/mol. The molecule has 0 radical (unpaired) electrons. The normalized spacial score (nSPS) is 11.4. The van der Waals surface area contributed by atoms with E-state index in [0.29, 0.717) is 25.3 Å². The summed E-state index contributed by atoms with van der Waals surface area (Å²) < 4.78 is 28.2. The van der Waals surface area contributed by atoms with Crippen molar-refractivity contribution in [3.05, 3.63) is 22.6 Å². The lowest BCUT2D eigenvalue weighted by atomic mass is 10.4. The molecule has 0 atom stereocenters. The number of sulfone groups is 1. The molecule has 7 nitrogen and oxygen atoms in total. The molecular weight excluding hydrogens is 258 g/mol. The second-order valence-electron chi connectivity index (χ2n) is 3.87. The second-order valence-corrected chi connectivity index (χ2v) is 6.13. The summed E-state index contributed by atoms with van der Waals surface area (Å²) >= 11 is 0. The maximum atomic E-state index is 11.6. The van der Waals surface area contributed by atoms with Crippen LogP contribution in [0.1, 0.15) is 6.42 Å². The van der Waals surface area contributed by atoms with Crippen molar-refractivity contribution in [2.75, 3.05) is 25.2 Å². The van der Waals surface area contributed by atoms with E-state index in [0.717, 1.165) is 6.26 Å². The van der Waals surface area contributed by atoms with Crippen LogP contribution in [0.2, 0.25) is 0 Å². The van der Waals surface area contributed by atoms with Gasteiger partial charge in [0, 0.05) is 25.4 Å². The van der Waals surface area contributed by atoms with Crippen LogP contribution in [0.4, 0.5) is 0 Å². The van der Waals surface area contributed by atoms with Gasteiger partial charge in [-0.05, 0) is 6.42 Å². The van der Waals surface area contributed by atoms with Crippen molar-refractivity contribution in [2.24, 2.45) is 5.73 Å². The first-order chi connectivity index (χ1) is 8.42. The Morgan fingerprint density at radius 3 is 2.78 bits per heavy atom. The molecule has 0 saturated heterocycles. The highest BCUT2D eigenvalue weighted by Crippen LogP contribution is 2.03. The third-order valence-electron chi connectivity index (χ3n) is 2.12. The SMILES string of the molecule is CS(=O)(=O)CCCn1ncc(OCCN)cc1=O. The maximum absolute atomic E-state index is 11.6. The van der Waals surface area contributed by atoms with E-state index >= 15 is 0 Å². The fraction of sp³-hybridized carbons (Fsp3) is 0.600. The van der Waals surface area contributed by atoms with Crippen LogP contribution in [0.5, 0.6) is 5.75 Å². The predicted molar refractivity (Wildman–Crippen MR) is 67.4 cm³/mol. The van der Waals surface area contributed by atoms with E-state index in [1.807, 2.05) is 0 Å². The molecule has 1 aromatic heterocycles. The number of hydrogen-bond acceptors (Lipinski definition) is 6. The molecule has 8 heteroatoms. The van der Waals surface area contributed by atoms with Crippen molar-refractivity contribution >= 4 is 9.84 Å². The molecule has 0 aliphatic heterocycles. The molecule has 0 aromatic carbocycles. The zero-order valence-corrected chi connectivity index (χ0v) is 11.0. The highest BCUT2D eigenvalue weighted by Gasteiger charge is 2.04. The third-order valence-corrected chi connectivity index (χ3v) is 3.15. The number of hydrogen-bond donors (Lipinski definition) is 1. The standard InChI is InChI=1S/C10H17N3O4S/c1-18(15,16)6-2-4-13-10(14)7-9(8-12-13)17-5-3-11/h7-8H,2-6,11H2,1H3. The van der Waals surface area contributed by atoms with Crippen LogP contribution in [0.3, 0.4) is 0 Å². The number of ether oxygens (including phenoxy) is 1. The Kier molecular flexibility index (Phi) is 5.29. The van der Waals surface area contributed by atoms with Crippen molar-refractivity contribution in [1.29, 1.82) is 0 Å². The molecule has 0 aliphatic rings. The Hall–Kier alpha value is -1.41. The van der Waals surface area contributed by atoms with Gasteiger partial charge in [0.15, 0.2) is 0 Å². The van der Waals surface area contributed by atoms with Gasteiger partial charge in [-0.15, -0.1) is 0 Å². The number of nitrogens with zero attached hydrogens (tertiary/aromatic N) is 2. The van der Waals surface area contributed by atoms with Crippen LogP contribution in [0.25, 0.3) is 0 Å². The molecule has 0 bridgehead atoms. The Morgan fingerprint density at radius 2 is 2.22 bits per heavy atom. The predicted octanol–water partition coefficient (Wildman–Crippen LogP) is -0.984. The van der Waals surface area contributed by atoms with Gasteiger partial charge in [-0.3, -0.25) is 4.79 Å². The summed E-state index contributed by atoms with van der Waals surface area (Å²) in [6.45, 7) is 0.944. The third kappa shape index (κ3) is 5.28. The Morgan fingerprint density at radius 1 is 1.50 bits per heavy atom. The number of rotatable bonds is 7. The van der Waals surface area contributed by atoms with E-state index in [-0.39, 0.29) is 17.9 Å². The molecule has 0 spiro atoms. The summed E-state index contributed by atoms with van der Waals surface area (Å²) in [6, 6.07) is 1.31. The molecular formula is C10H17N3O4S. The zero-order chi connectivity index (χ0) is 13.6. The van der Waals surface area contributed by atoms with Crippen LogP contribution in [-0.2, 0) is 16.4 Å². The van der Waals surface area contributed by atoms with Crippen molar-refractivity contribution in [3.63, 3.8) is 0 Å². The van der Waals surface area contributed by atoms with Gasteiger partial charge in [-0.2, -0.15) is 5.10 Å². The van der Waals surface area contributed by atoms with Crippen LogP contribution >= 0.6 is 0 Å². The second kappa shape index (κ2) is 6.50. The zero-order valence-electron chi connectivity index (χ0n) is 10.2. The van der Waals surface area contributed by atoms with E-state index in [9.17, 15) is 13.2 Å². The highest BCUT2D eigenvalue weighted by atomic mass is 32.2. The fourth-order valence-corrected chi connectivity index (χ4v) is 1.97. The first-order valence-corrected chi connectivity index (χ1v) is 7.56. The number of aryl methyl sites for hydroxylation is 1. The summed E-state index contributed by atoms with van der Waals surface area (Å²) in [5, 5.41) is 3.89. The van der Waals surface area contributed by atoms with E-state index in [1.54, 1.807) is 0 Å². The minimum Gasteiger partial charge on any atom is -0.490 e. The van der Waals surface area contributed by atoms with E-state index in [4.69, 9.17) is 10.5 Å². The van der Waals surface area contributed by atoms with Gasteiger partial charge in [-0.25, -0.2) is 13.1 Å². The molecule has 1 aromatic rings. The Balaban J connectivity index is 2.60. The summed E-state index contributed by atoms with van der Waals surface area (Å²) in [7, 11) is -3.01. The van der Waals surface area contributed by atoms with Crippen LogP contribution < -0.4 is 16.0 Å². The van der Waals surface area contributed by atoms with Crippen molar-refractivity contribution in [3.8, 4) is 5.75 Å². The van der Waals surface area contributed by atoms with E-state index in [2.05, 4.69) is 5.10 Å². The summed E-state index contributed by atoms with van der Waals surface area (Å²) in [5.74, 6) is 0.400. The molecule has 1 rings (SSSR count). The molecule has 0 amide bonds. The molecule has 18 heavy (non-hydrogen) atoms.